The number of amides is 3. The SMILES string of the molecule is CSc1ccc([C@@H]2NC(=O)N(CC(=O)Nc3cccc(C(F)(F)F)c3)C3=C2C(=O)OC3)cc1. The van der Waals surface area contributed by atoms with Crippen molar-refractivity contribution in [2.75, 3.05) is 24.7 Å². The number of nitrogens with zero attached hydrogens (tertiary/aromatic N) is 1. The van der Waals surface area contributed by atoms with Crippen LogP contribution in [0.3, 0.4) is 0 Å². The van der Waals surface area contributed by atoms with Crippen LogP contribution in [0.2, 0.25) is 0 Å². The Bertz CT molecular complexity index is 1150. The molecule has 0 spiro atoms. The summed E-state index contributed by atoms with van der Waals surface area (Å²) in [7, 11) is 0. The Balaban J connectivity index is 1.55. The van der Waals surface area contributed by atoms with Gasteiger partial charge in [-0.15, -0.1) is 11.8 Å². The van der Waals surface area contributed by atoms with E-state index >= 15 is 0 Å². The molecule has 0 saturated carbocycles. The van der Waals surface area contributed by atoms with E-state index in [2.05, 4.69) is 10.6 Å². The van der Waals surface area contributed by atoms with Gasteiger partial charge in [-0.05, 0) is 42.2 Å². The lowest BCUT2D eigenvalue weighted by atomic mass is 9.96. The average Bonchev–Trinajstić information content (AvgIpc) is 3.16. The van der Waals surface area contributed by atoms with Crippen molar-refractivity contribution in [2.24, 2.45) is 0 Å². The molecule has 0 fully saturated rings. The summed E-state index contributed by atoms with van der Waals surface area (Å²) < 4.78 is 43.8. The van der Waals surface area contributed by atoms with Crippen LogP contribution in [0, 0.1) is 0 Å². The molecule has 2 aromatic rings. The summed E-state index contributed by atoms with van der Waals surface area (Å²) in [6.07, 6.45) is -2.63. The van der Waals surface area contributed by atoms with Crippen molar-refractivity contribution in [2.45, 2.75) is 17.1 Å². The Hall–Kier alpha value is -3.47. The number of halogens is 3. The number of carbonyl (C=O) groups is 3. The fourth-order valence-electron chi connectivity index (χ4n) is 3.64. The van der Waals surface area contributed by atoms with E-state index in [1.54, 1.807) is 23.9 Å². The summed E-state index contributed by atoms with van der Waals surface area (Å²) >= 11 is 1.55. The number of anilines is 1. The Kier molecular flexibility index (Phi) is 6.07. The number of urea groups is 1. The zero-order valence-corrected chi connectivity index (χ0v) is 18.0. The van der Waals surface area contributed by atoms with E-state index < -0.39 is 42.2 Å². The van der Waals surface area contributed by atoms with Crippen LogP contribution in [0.5, 0.6) is 0 Å². The third-order valence-corrected chi connectivity index (χ3v) is 5.97. The summed E-state index contributed by atoms with van der Waals surface area (Å²) in [6, 6.07) is 10.1. The van der Waals surface area contributed by atoms with Crippen LogP contribution in [0.25, 0.3) is 0 Å². The van der Waals surface area contributed by atoms with E-state index in [0.29, 0.717) is 5.56 Å². The van der Waals surface area contributed by atoms with Crippen molar-refractivity contribution in [1.82, 2.24) is 10.2 Å². The van der Waals surface area contributed by atoms with Crippen molar-refractivity contribution in [3.05, 3.63) is 70.9 Å². The minimum absolute atomic E-state index is 0.0630. The fourth-order valence-corrected chi connectivity index (χ4v) is 4.05. The molecule has 11 heteroatoms. The summed E-state index contributed by atoms with van der Waals surface area (Å²) in [6.45, 7) is -0.687. The van der Waals surface area contributed by atoms with E-state index in [0.717, 1.165) is 21.9 Å². The van der Waals surface area contributed by atoms with Gasteiger partial charge in [0, 0.05) is 10.6 Å². The molecule has 2 N–H and O–H groups in total. The first-order valence-electron chi connectivity index (χ1n) is 9.76. The highest BCUT2D eigenvalue weighted by Gasteiger charge is 2.42. The van der Waals surface area contributed by atoms with E-state index in [-0.39, 0.29) is 23.6 Å². The number of cyclic esters (lactones) is 1. The van der Waals surface area contributed by atoms with Crippen molar-refractivity contribution >= 4 is 35.4 Å². The van der Waals surface area contributed by atoms with Crippen molar-refractivity contribution in [3.8, 4) is 0 Å². The maximum Gasteiger partial charge on any atom is 0.416 e. The highest BCUT2D eigenvalue weighted by Crippen LogP contribution is 2.35. The van der Waals surface area contributed by atoms with Crippen molar-refractivity contribution in [1.29, 1.82) is 0 Å². The molecule has 2 aromatic carbocycles. The van der Waals surface area contributed by atoms with Crippen molar-refractivity contribution in [3.63, 3.8) is 0 Å². The third kappa shape index (κ3) is 4.68. The van der Waals surface area contributed by atoms with Gasteiger partial charge in [0.05, 0.1) is 22.9 Å². The Morgan fingerprint density at radius 2 is 1.94 bits per heavy atom. The zero-order chi connectivity index (χ0) is 23.8. The summed E-state index contributed by atoms with van der Waals surface area (Å²) in [4.78, 5) is 39.8. The largest absolute Gasteiger partial charge is 0.456 e. The predicted molar refractivity (Wildman–Crippen MR) is 114 cm³/mol. The van der Waals surface area contributed by atoms with Gasteiger partial charge >= 0.3 is 18.2 Å². The first kappa shape index (κ1) is 22.7. The van der Waals surface area contributed by atoms with Gasteiger partial charge in [0.1, 0.15) is 13.2 Å². The van der Waals surface area contributed by atoms with Gasteiger partial charge in [-0.3, -0.25) is 9.69 Å². The number of thioether (sulfide) groups is 1. The van der Waals surface area contributed by atoms with Crippen LogP contribution in [-0.4, -0.2) is 42.2 Å². The highest BCUT2D eigenvalue weighted by molar-refractivity contribution is 7.98. The maximum atomic E-state index is 12.9. The fraction of sp³-hybridized carbons (Fsp3) is 0.227. The minimum atomic E-state index is -4.56. The molecule has 0 bridgehead atoms. The lowest BCUT2D eigenvalue weighted by molar-refractivity contribution is -0.138. The Morgan fingerprint density at radius 3 is 2.61 bits per heavy atom. The van der Waals surface area contributed by atoms with Crippen molar-refractivity contribution < 1.29 is 32.3 Å². The smallest absolute Gasteiger partial charge is 0.416 e. The molecule has 172 valence electrons. The number of hydrogen-bond donors (Lipinski definition) is 2. The summed E-state index contributed by atoms with van der Waals surface area (Å²) in [5.41, 5.74) is 0.180. The van der Waals surface area contributed by atoms with E-state index in [4.69, 9.17) is 4.74 Å². The molecule has 1 atom stereocenters. The molecular formula is C22H18F3N3O4S. The second-order valence-corrected chi connectivity index (χ2v) is 8.18. The van der Waals surface area contributed by atoms with Gasteiger partial charge in [-0.2, -0.15) is 13.2 Å². The standard InChI is InChI=1S/C22H18F3N3O4S/c1-33-15-7-5-12(6-8-15)19-18-16(11-32-20(18)30)28(21(31)27-19)10-17(29)26-14-4-2-3-13(9-14)22(23,24)25/h2-9,19H,10-11H2,1H3,(H,26,29)(H,27,31)/t19-/m0/s1. The quantitative estimate of drug-likeness (QED) is 0.503. The van der Waals surface area contributed by atoms with Gasteiger partial charge in [-0.25, -0.2) is 9.59 Å². The first-order valence-corrected chi connectivity index (χ1v) is 11.0. The van der Waals surface area contributed by atoms with Crippen LogP contribution >= 0.6 is 11.8 Å². The number of carbonyl (C=O) groups excluding carboxylic acids is 3. The van der Waals surface area contributed by atoms with Crippen LogP contribution in [-0.2, 0) is 20.5 Å². The number of nitrogens with one attached hydrogen (secondary N) is 2. The molecule has 4 rings (SSSR count). The molecule has 2 heterocycles. The molecule has 7 nitrogen and oxygen atoms in total. The van der Waals surface area contributed by atoms with Gasteiger partial charge < -0.3 is 15.4 Å². The van der Waals surface area contributed by atoms with Gasteiger partial charge in [-0.1, -0.05) is 18.2 Å². The third-order valence-electron chi connectivity index (χ3n) is 5.22. The van der Waals surface area contributed by atoms with Gasteiger partial charge in [0.25, 0.3) is 0 Å². The summed E-state index contributed by atoms with van der Waals surface area (Å²) in [5, 5.41) is 5.07. The number of benzene rings is 2. The first-order chi connectivity index (χ1) is 15.7. The lowest BCUT2D eigenvalue weighted by Crippen LogP contribution is -2.49. The second-order valence-electron chi connectivity index (χ2n) is 7.31. The molecule has 0 unspecified atom stereocenters. The normalized spacial score (nSPS) is 18.1. The second kappa shape index (κ2) is 8.81. The van der Waals surface area contributed by atoms with E-state index in [1.807, 2.05) is 18.4 Å². The maximum absolute atomic E-state index is 12.9. The van der Waals surface area contributed by atoms with E-state index in [1.165, 1.54) is 12.1 Å². The number of ether oxygens (including phenoxy) is 1. The Labute approximate surface area is 191 Å². The molecule has 2 aliphatic heterocycles. The molecule has 0 aromatic heterocycles. The molecule has 0 aliphatic carbocycles. The molecule has 2 aliphatic rings. The zero-order valence-electron chi connectivity index (χ0n) is 17.2. The number of hydrogen-bond acceptors (Lipinski definition) is 5. The molecule has 33 heavy (non-hydrogen) atoms. The van der Waals surface area contributed by atoms with Crippen LogP contribution in [0.4, 0.5) is 23.7 Å². The topological polar surface area (TPSA) is 87.7 Å². The number of alkyl halides is 3. The molecule has 0 saturated heterocycles. The summed E-state index contributed by atoms with van der Waals surface area (Å²) in [5.74, 6) is -1.33. The average molecular weight is 477 g/mol. The van der Waals surface area contributed by atoms with E-state index in [9.17, 15) is 27.6 Å². The molecule has 0 radical (unpaired) electrons. The number of esters is 1. The van der Waals surface area contributed by atoms with Gasteiger partial charge in [0.2, 0.25) is 5.91 Å². The van der Waals surface area contributed by atoms with Crippen LogP contribution in [0.1, 0.15) is 17.2 Å². The van der Waals surface area contributed by atoms with Crippen LogP contribution in [0.15, 0.2) is 64.7 Å². The minimum Gasteiger partial charge on any atom is -0.456 e. The van der Waals surface area contributed by atoms with Gasteiger partial charge in [0.15, 0.2) is 0 Å². The Morgan fingerprint density at radius 1 is 1.21 bits per heavy atom. The number of rotatable bonds is 5. The molecule has 3 amide bonds. The van der Waals surface area contributed by atoms with Crippen LogP contribution < -0.4 is 10.6 Å². The highest BCUT2D eigenvalue weighted by atomic mass is 32.2. The lowest BCUT2D eigenvalue weighted by Gasteiger charge is -2.32. The monoisotopic (exact) mass is 477 g/mol. The predicted octanol–water partition coefficient (Wildman–Crippen LogP) is 3.94. The molecular weight excluding hydrogens is 459 g/mol.